The summed E-state index contributed by atoms with van der Waals surface area (Å²) in [7, 11) is 1.82. The maximum Gasteiger partial charge on any atom is 0.274 e. The van der Waals surface area contributed by atoms with Crippen molar-refractivity contribution in [2.24, 2.45) is 7.05 Å². The van der Waals surface area contributed by atoms with Crippen LogP contribution in [0.5, 0.6) is 0 Å². The lowest BCUT2D eigenvalue weighted by Crippen LogP contribution is -2.39. The maximum absolute atomic E-state index is 12.8. The zero-order valence-corrected chi connectivity index (χ0v) is 17.3. The Morgan fingerprint density at radius 3 is 2.93 bits per heavy atom. The smallest absolute Gasteiger partial charge is 0.274 e. The minimum atomic E-state index is -0.0205. The number of nitrogens with zero attached hydrogens (tertiary/aromatic N) is 6. The van der Waals surface area contributed by atoms with Crippen LogP contribution < -0.4 is 0 Å². The molecule has 0 N–H and O–H groups in total. The number of aromatic nitrogens is 5. The van der Waals surface area contributed by atoms with Crippen molar-refractivity contribution in [2.45, 2.75) is 18.8 Å². The molecule has 0 unspecified atom stereocenters. The second-order valence-corrected chi connectivity index (χ2v) is 8.07. The molecule has 1 saturated heterocycles. The third-order valence-corrected chi connectivity index (χ3v) is 5.79. The van der Waals surface area contributed by atoms with Gasteiger partial charge in [0, 0.05) is 44.1 Å². The van der Waals surface area contributed by atoms with Crippen LogP contribution in [0.1, 0.15) is 34.9 Å². The van der Waals surface area contributed by atoms with E-state index in [1.165, 1.54) is 0 Å². The highest BCUT2D eigenvalue weighted by Crippen LogP contribution is 2.29. The average molecular weight is 421 g/mol. The molecule has 5 heterocycles. The Hall–Kier alpha value is -3.19. The van der Waals surface area contributed by atoms with Gasteiger partial charge >= 0.3 is 0 Å². The fourth-order valence-corrected chi connectivity index (χ4v) is 4.22. The number of fused-ring (bicyclic) bond motifs is 1. The standard InChI is InChI=1S/C22H21ClN6O/c1-27-11-9-19(26-27)22(30)28-10-3-4-15(13-28)17-5-2-6-18(25-17)20-12-24-21-8-7-16(23)14-29(20)21/h2,5-9,11-12,14-15H,3-4,10,13H2,1H3/t15-/m1/s1. The first-order valence-electron chi connectivity index (χ1n) is 9.97. The number of halogens is 1. The molecule has 1 aliphatic rings. The van der Waals surface area contributed by atoms with Gasteiger partial charge in [-0.15, -0.1) is 0 Å². The van der Waals surface area contributed by atoms with E-state index in [1.54, 1.807) is 16.9 Å². The first kappa shape index (κ1) is 18.8. The van der Waals surface area contributed by atoms with Crippen molar-refractivity contribution in [1.82, 2.24) is 29.0 Å². The van der Waals surface area contributed by atoms with Crippen molar-refractivity contribution < 1.29 is 4.79 Å². The molecule has 0 aromatic carbocycles. The van der Waals surface area contributed by atoms with Gasteiger partial charge in [-0.1, -0.05) is 17.7 Å². The van der Waals surface area contributed by atoms with Crippen molar-refractivity contribution in [3.8, 4) is 11.4 Å². The van der Waals surface area contributed by atoms with Crippen LogP contribution in [0.15, 0.2) is 55.0 Å². The number of amides is 1. The first-order chi connectivity index (χ1) is 14.6. The Bertz CT molecular complexity index is 1230. The van der Waals surface area contributed by atoms with Crippen LogP contribution in [0.4, 0.5) is 0 Å². The van der Waals surface area contributed by atoms with Crippen LogP contribution in [0, 0.1) is 0 Å². The fourth-order valence-electron chi connectivity index (χ4n) is 4.06. The maximum atomic E-state index is 12.8. The molecule has 8 heteroatoms. The molecule has 0 aliphatic carbocycles. The summed E-state index contributed by atoms with van der Waals surface area (Å²) < 4.78 is 3.61. The number of imidazole rings is 1. The van der Waals surface area contributed by atoms with E-state index in [9.17, 15) is 4.79 Å². The van der Waals surface area contributed by atoms with E-state index < -0.39 is 0 Å². The summed E-state index contributed by atoms with van der Waals surface area (Å²) in [5, 5.41) is 4.90. The fraction of sp³-hybridized carbons (Fsp3) is 0.273. The number of rotatable bonds is 3. The molecule has 1 amide bonds. The monoisotopic (exact) mass is 420 g/mol. The third kappa shape index (κ3) is 3.45. The second-order valence-electron chi connectivity index (χ2n) is 7.63. The Morgan fingerprint density at radius 1 is 1.20 bits per heavy atom. The van der Waals surface area contributed by atoms with Gasteiger partial charge in [-0.3, -0.25) is 18.9 Å². The zero-order chi connectivity index (χ0) is 20.7. The van der Waals surface area contributed by atoms with Crippen molar-refractivity contribution in [2.75, 3.05) is 13.1 Å². The minimum Gasteiger partial charge on any atom is -0.337 e. The lowest BCUT2D eigenvalue weighted by atomic mass is 9.94. The molecular formula is C22H21ClN6O. The van der Waals surface area contributed by atoms with E-state index in [-0.39, 0.29) is 11.8 Å². The van der Waals surface area contributed by atoms with E-state index in [1.807, 2.05) is 59.1 Å². The molecular weight excluding hydrogens is 400 g/mol. The molecule has 1 atom stereocenters. The minimum absolute atomic E-state index is 0.0205. The predicted octanol–water partition coefficient (Wildman–Crippen LogP) is 3.80. The summed E-state index contributed by atoms with van der Waals surface area (Å²) in [6.45, 7) is 1.39. The lowest BCUT2D eigenvalue weighted by molar-refractivity contribution is 0.0699. The van der Waals surface area contributed by atoms with E-state index in [2.05, 4.69) is 10.1 Å². The summed E-state index contributed by atoms with van der Waals surface area (Å²) in [5.74, 6) is 0.169. The number of carbonyl (C=O) groups is 1. The number of hydrogen-bond donors (Lipinski definition) is 0. The van der Waals surface area contributed by atoms with Crippen molar-refractivity contribution in [3.05, 3.63) is 71.4 Å². The highest BCUT2D eigenvalue weighted by atomic mass is 35.5. The molecule has 1 fully saturated rings. The summed E-state index contributed by atoms with van der Waals surface area (Å²) >= 11 is 6.17. The predicted molar refractivity (Wildman–Crippen MR) is 115 cm³/mol. The number of pyridine rings is 2. The number of carbonyl (C=O) groups excluding carboxylic acids is 1. The number of hydrogen-bond acceptors (Lipinski definition) is 4. The molecule has 7 nitrogen and oxygen atoms in total. The molecule has 152 valence electrons. The second kappa shape index (κ2) is 7.57. The molecule has 0 radical (unpaired) electrons. The van der Waals surface area contributed by atoms with Gasteiger partial charge in [0.15, 0.2) is 0 Å². The van der Waals surface area contributed by atoms with Gasteiger partial charge in [-0.05, 0) is 43.2 Å². The van der Waals surface area contributed by atoms with Crippen LogP contribution in [0.25, 0.3) is 17.0 Å². The van der Waals surface area contributed by atoms with Crippen LogP contribution >= 0.6 is 11.6 Å². The number of aryl methyl sites for hydroxylation is 1. The Balaban J connectivity index is 1.42. The summed E-state index contributed by atoms with van der Waals surface area (Å²) in [4.78, 5) is 24.1. The molecule has 1 aliphatic heterocycles. The van der Waals surface area contributed by atoms with E-state index >= 15 is 0 Å². The van der Waals surface area contributed by atoms with E-state index in [4.69, 9.17) is 16.6 Å². The van der Waals surface area contributed by atoms with Gasteiger partial charge < -0.3 is 4.90 Å². The Kier molecular flexibility index (Phi) is 4.75. The lowest BCUT2D eigenvalue weighted by Gasteiger charge is -2.32. The Labute approximate surface area is 178 Å². The normalized spacial score (nSPS) is 16.9. The van der Waals surface area contributed by atoms with Gasteiger partial charge in [0.05, 0.1) is 22.6 Å². The molecule has 30 heavy (non-hydrogen) atoms. The van der Waals surface area contributed by atoms with Gasteiger partial charge in [0.1, 0.15) is 11.3 Å². The largest absolute Gasteiger partial charge is 0.337 e. The van der Waals surface area contributed by atoms with Gasteiger partial charge in [-0.2, -0.15) is 5.10 Å². The van der Waals surface area contributed by atoms with Crippen LogP contribution in [0.2, 0.25) is 5.02 Å². The van der Waals surface area contributed by atoms with Crippen molar-refractivity contribution in [1.29, 1.82) is 0 Å². The van der Waals surface area contributed by atoms with Crippen molar-refractivity contribution in [3.63, 3.8) is 0 Å². The van der Waals surface area contributed by atoms with Gasteiger partial charge in [0.25, 0.3) is 5.91 Å². The molecule has 0 bridgehead atoms. The van der Waals surface area contributed by atoms with E-state index in [0.717, 1.165) is 42.1 Å². The molecule has 0 spiro atoms. The summed E-state index contributed by atoms with van der Waals surface area (Å²) in [5.41, 5.74) is 4.04. The van der Waals surface area contributed by atoms with Crippen molar-refractivity contribution >= 4 is 23.2 Å². The molecule has 4 aromatic rings. The third-order valence-electron chi connectivity index (χ3n) is 5.56. The van der Waals surface area contributed by atoms with Crippen LogP contribution in [-0.4, -0.2) is 48.0 Å². The quantitative estimate of drug-likeness (QED) is 0.505. The van der Waals surface area contributed by atoms with Gasteiger partial charge in [-0.25, -0.2) is 4.98 Å². The van der Waals surface area contributed by atoms with Crippen LogP contribution in [-0.2, 0) is 7.05 Å². The topological polar surface area (TPSA) is 68.3 Å². The SMILES string of the molecule is Cn1ccc(C(=O)N2CCC[C@@H](c3cccc(-c4cnc5ccc(Cl)cn45)n3)C2)n1. The highest BCUT2D eigenvalue weighted by Gasteiger charge is 2.27. The zero-order valence-electron chi connectivity index (χ0n) is 16.6. The Morgan fingerprint density at radius 2 is 2.10 bits per heavy atom. The van der Waals surface area contributed by atoms with E-state index in [0.29, 0.717) is 17.3 Å². The summed E-state index contributed by atoms with van der Waals surface area (Å²) in [6.07, 6.45) is 7.40. The van der Waals surface area contributed by atoms with Gasteiger partial charge in [0.2, 0.25) is 0 Å². The first-order valence-corrected chi connectivity index (χ1v) is 10.3. The highest BCUT2D eigenvalue weighted by molar-refractivity contribution is 6.30. The van der Waals surface area contributed by atoms with Crippen LogP contribution in [0.3, 0.4) is 0 Å². The average Bonchev–Trinajstić information content (AvgIpc) is 3.39. The summed E-state index contributed by atoms with van der Waals surface area (Å²) in [6, 6.07) is 11.5. The number of likely N-dealkylation sites (tertiary alicyclic amines) is 1. The molecule has 5 rings (SSSR count). The number of piperidine rings is 1. The molecule has 0 saturated carbocycles. The molecule has 4 aromatic heterocycles.